The highest BCUT2D eigenvalue weighted by Gasteiger charge is 2.16. The molecule has 0 unspecified atom stereocenters. The maximum Gasteiger partial charge on any atom is 0.200 e. The first-order chi connectivity index (χ1) is 7.84. The van der Waals surface area contributed by atoms with E-state index in [1.54, 1.807) is 10.8 Å². The number of fused-ring (bicyclic) bond motifs is 1. The van der Waals surface area contributed by atoms with Crippen LogP contribution < -0.4 is 4.90 Å². The first-order valence-electron chi connectivity index (χ1n) is 5.35. The predicted octanol–water partition coefficient (Wildman–Crippen LogP) is 0.269. The molecule has 0 spiro atoms. The Kier molecular flexibility index (Phi) is 2.21. The molecule has 0 saturated carbocycles. The highest BCUT2D eigenvalue weighted by atomic mass is 16.5. The number of ether oxygens (including phenoxy) is 1. The van der Waals surface area contributed by atoms with Crippen molar-refractivity contribution in [1.29, 1.82) is 0 Å². The second kappa shape index (κ2) is 3.71. The third kappa shape index (κ3) is 1.51. The van der Waals surface area contributed by atoms with Gasteiger partial charge in [0.2, 0.25) is 5.65 Å². The molecule has 2 aromatic rings. The fraction of sp³-hybridized carbons (Fsp3) is 0.500. The number of aromatic nitrogens is 4. The van der Waals surface area contributed by atoms with Gasteiger partial charge in [0.25, 0.3) is 0 Å². The summed E-state index contributed by atoms with van der Waals surface area (Å²) in [7, 11) is 0. The van der Waals surface area contributed by atoms with Crippen molar-refractivity contribution in [3.05, 3.63) is 18.1 Å². The van der Waals surface area contributed by atoms with Gasteiger partial charge < -0.3 is 9.64 Å². The lowest BCUT2D eigenvalue weighted by Crippen LogP contribution is -2.36. The van der Waals surface area contributed by atoms with Crippen LogP contribution in [0.15, 0.2) is 12.4 Å². The van der Waals surface area contributed by atoms with Crippen LogP contribution in [0.4, 0.5) is 5.69 Å². The minimum Gasteiger partial charge on any atom is -0.378 e. The van der Waals surface area contributed by atoms with E-state index in [0.717, 1.165) is 43.3 Å². The summed E-state index contributed by atoms with van der Waals surface area (Å²) in [5.74, 6) is 0. The summed E-state index contributed by atoms with van der Waals surface area (Å²) < 4.78 is 7.07. The van der Waals surface area contributed by atoms with Crippen LogP contribution in [-0.2, 0) is 4.74 Å². The fourth-order valence-corrected chi connectivity index (χ4v) is 1.97. The predicted molar refractivity (Wildman–Crippen MR) is 58.6 cm³/mol. The van der Waals surface area contributed by atoms with E-state index in [0.29, 0.717) is 0 Å². The van der Waals surface area contributed by atoms with E-state index in [-0.39, 0.29) is 0 Å². The molecule has 1 saturated heterocycles. The normalized spacial score (nSPS) is 16.9. The van der Waals surface area contributed by atoms with Gasteiger partial charge in [-0.3, -0.25) is 0 Å². The van der Waals surface area contributed by atoms with Gasteiger partial charge in [-0.05, 0) is 13.0 Å². The second-order valence-electron chi connectivity index (χ2n) is 3.87. The van der Waals surface area contributed by atoms with E-state index >= 15 is 0 Å². The molecule has 0 aromatic carbocycles. The van der Waals surface area contributed by atoms with Crippen molar-refractivity contribution >= 4 is 11.3 Å². The summed E-state index contributed by atoms with van der Waals surface area (Å²) in [6.45, 7) is 5.30. The van der Waals surface area contributed by atoms with Crippen molar-refractivity contribution in [3.8, 4) is 0 Å². The molecule has 0 atom stereocenters. The molecule has 0 amide bonds. The smallest absolute Gasteiger partial charge is 0.200 e. The van der Waals surface area contributed by atoms with Crippen molar-refractivity contribution in [2.24, 2.45) is 0 Å². The van der Waals surface area contributed by atoms with Crippen molar-refractivity contribution in [3.63, 3.8) is 0 Å². The highest BCUT2D eigenvalue weighted by molar-refractivity contribution is 5.68. The Bertz CT molecular complexity index is 503. The largest absolute Gasteiger partial charge is 0.378 e. The lowest BCUT2D eigenvalue weighted by atomic mass is 10.3. The molecule has 16 heavy (non-hydrogen) atoms. The number of nitrogens with zero attached hydrogens (tertiary/aromatic N) is 5. The van der Waals surface area contributed by atoms with E-state index in [1.165, 1.54) is 0 Å². The minimum absolute atomic E-state index is 0.766. The van der Waals surface area contributed by atoms with Crippen LogP contribution in [0.25, 0.3) is 5.65 Å². The van der Waals surface area contributed by atoms with Crippen LogP contribution in [0, 0.1) is 6.92 Å². The van der Waals surface area contributed by atoms with E-state index < -0.39 is 0 Å². The Labute approximate surface area is 92.8 Å². The van der Waals surface area contributed by atoms with E-state index in [4.69, 9.17) is 4.74 Å². The summed E-state index contributed by atoms with van der Waals surface area (Å²) >= 11 is 0. The number of aryl methyl sites for hydroxylation is 1. The Morgan fingerprint density at radius 1 is 1.31 bits per heavy atom. The molecule has 0 bridgehead atoms. The Morgan fingerprint density at radius 2 is 2.12 bits per heavy atom. The van der Waals surface area contributed by atoms with Crippen molar-refractivity contribution in [1.82, 2.24) is 19.8 Å². The van der Waals surface area contributed by atoms with Gasteiger partial charge in [-0.2, -0.15) is 9.61 Å². The fourth-order valence-electron chi connectivity index (χ4n) is 1.97. The zero-order valence-electron chi connectivity index (χ0n) is 9.13. The molecule has 1 fully saturated rings. The highest BCUT2D eigenvalue weighted by Crippen LogP contribution is 2.20. The van der Waals surface area contributed by atoms with Gasteiger partial charge in [-0.25, -0.2) is 0 Å². The summed E-state index contributed by atoms with van der Waals surface area (Å²) in [6.07, 6.45) is 1.63. The summed E-state index contributed by atoms with van der Waals surface area (Å²) in [6, 6.07) is 2.05. The molecule has 0 aliphatic carbocycles. The third-order valence-corrected chi connectivity index (χ3v) is 2.72. The molecule has 0 N–H and O–H groups in total. The lowest BCUT2D eigenvalue weighted by molar-refractivity contribution is 0.123. The van der Waals surface area contributed by atoms with Crippen molar-refractivity contribution < 1.29 is 4.74 Å². The first kappa shape index (κ1) is 9.53. The van der Waals surface area contributed by atoms with Gasteiger partial charge >= 0.3 is 0 Å². The van der Waals surface area contributed by atoms with Gasteiger partial charge in [-0.1, -0.05) is 0 Å². The van der Waals surface area contributed by atoms with Crippen molar-refractivity contribution in [2.75, 3.05) is 31.2 Å². The van der Waals surface area contributed by atoms with Crippen LogP contribution >= 0.6 is 0 Å². The average molecular weight is 219 g/mol. The van der Waals surface area contributed by atoms with Gasteiger partial charge in [0.05, 0.1) is 24.6 Å². The Morgan fingerprint density at radius 3 is 2.94 bits per heavy atom. The topological polar surface area (TPSA) is 55.5 Å². The SMILES string of the molecule is Cc1cc(N2CCOCC2)c2nncn2n1. The number of hydrogen-bond donors (Lipinski definition) is 0. The molecule has 0 radical (unpaired) electrons. The summed E-state index contributed by atoms with van der Waals surface area (Å²) in [5.41, 5.74) is 2.87. The Balaban J connectivity index is 2.09. The quantitative estimate of drug-likeness (QED) is 0.689. The number of hydrogen-bond acceptors (Lipinski definition) is 5. The average Bonchev–Trinajstić information content (AvgIpc) is 2.77. The number of morpholine rings is 1. The zero-order chi connectivity index (χ0) is 11.0. The van der Waals surface area contributed by atoms with Crippen LogP contribution in [-0.4, -0.2) is 46.1 Å². The standard InChI is InChI=1S/C10H13N5O/c1-8-6-9(14-2-4-16-5-3-14)10-12-11-7-15(10)13-8/h6-7H,2-5H2,1H3. The van der Waals surface area contributed by atoms with Gasteiger partial charge in [0, 0.05) is 13.1 Å². The molecule has 1 aliphatic heterocycles. The lowest BCUT2D eigenvalue weighted by Gasteiger charge is -2.28. The number of anilines is 1. The van der Waals surface area contributed by atoms with Crippen LogP contribution in [0.2, 0.25) is 0 Å². The van der Waals surface area contributed by atoms with Gasteiger partial charge in [0.15, 0.2) is 0 Å². The van der Waals surface area contributed by atoms with Gasteiger partial charge in [0.1, 0.15) is 6.33 Å². The van der Waals surface area contributed by atoms with Crippen molar-refractivity contribution in [2.45, 2.75) is 6.92 Å². The molecule has 6 nitrogen and oxygen atoms in total. The zero-order valence-corrected chi connectivity index (χ0v) is 9.13. The van der Waals surface area contributed by atoms with Crippen LogP contribution in [0.1, 0.15) is 5.69 Å². The van der Waals surface area contributed by atoms with Crippen LogP contribution in [0.5, 0.6) is 0 Å². The molecule has 2 aromatic heterocycles. The molecular weight excluding hydrogens is 206 g/mol. The maximum absolute atomic E-state index is 5.34. The summed E-state index contributed by atoms with van der Waals surface area (Å²) in [5, 5.41) is 12.3. The van der Waals surface area contributed by atoms with E-state index in [9.17, 15) is 0 Å². The Hall–Kier alpha value is -1.69. The third-order valence-electron chi connectivity index (χ3n) is 2.72. The monoisotopic (exact) mass is 219 g/mol. The maximum atomic E-state index is 5.34. The summed E-state index contributed by atoms with van der Waals surface area (Å²) in [4.78, 5) is 2.27. The molecule has 6 heteroatoms. The first-order valence-corrected chi connectivity index (χ1v) is 5.35. The number of rotatable bonds is 1. The molecule has 1 aliphatic rings. The van der Waals surface area contributed by atoms with Crippen LogP contribution in [0.3, 0.4) is 0 Å². The minimum atomic E-state index is 0.766. The molecular formula is C10H13N5O. The van der Waals surface area contributed by atoms with Gasteiger partial charge in [-0.15, -0.1) is 10.2 Å². The molecule has 3 rings (SSSR count). The van der Waals surface area contributed by atoms with E-state index in [2.05, 4.69) is 26.3 Å². The molecule has 84 valence electrons. The van der Waals surface area contributed by atoms with E-state index in [1.807, 2.05) is 6.92 Å². The molecule has 3 heterocycles. The second-order valence-corrected chi connectivity index (χ2v) is 3.87.